The fourth-order valence-electron chi connectivity index (χ4n) is 2.93. The average Bonchev–Trinajstić information content (AvgIpc) is 2.53. The van der Waals surface area contributed by atoms with Crippen molar-refractivity contribution in [1.29, 1.82) is 5.26 Å². The predicted octanol–water partition coefficient (Wildman–Crippen LogP) is 2.01. The molecule has 0 N–H and O–H groups in total. The quantitative estimate of drug-likeness (QED) is 0.832. The maximum absolute atomic E-state index is 9.41. The second-order valence-electron chi connectivity index (χ2n) is 7.21. The smallest absolute Gasteiger partial charge is 0.101 e. The molecule has 1 fully saturated rings. The highest BCUT2D eigenvalue weighted by Gasteiger charge is 2.21. The molecule has 0 aromatic carbocycles. The molecule has 2 rings (SSSR count). The van der Waals surface area contributed by atoms with E-state index in [0.717, 1.165) is 57.1 Å². The zero-order chi connectivity index (χ0) is 16.9. The Kier molecular flexibility index (Phi) is 6.11. The molecule has 126 valence electrons. The molecule has 0 saturated carbocycles. The minimum Gasteiger partial charge on any atom is -0.383 e. The third-order valence-electron chi connectivity index (χ3n) is 4.26. The second kappa shape index (κ2) is 7.87. The van der Waals surface area contributed by atoms with E-state index in [1.165, 1.54) is 0 Å². The van der Waals surface area contributed by atoms with Gasteiger partial charge in [-0.05, 0) is 11.6 Å². The maximum atomic E-state index is 9.41. The average molecular weight is 316 g/mol. The van der Waals surface area contributed by atoms with Crippen LogP contribution < -0.4 is 0 Å². The van der Waals surface area contributed by atoms with Gasteiger partial charge in [0.2, 0.25) is 0 Å². The van der Waals surface area contributed by atoms with E-state index < -0.39 is 0 Å². The van der Waals surface area contributed by atoms with Crippen LogP contribution in [0.4, 0.5) is 0 Å². The van der Waals surface area contributed by atoms with Crippen LogP contribution >= 0.6 is 0 Å². The zero-order valence-electron chi connectivity index (χ0n) is 14.8. The van der Waals surface area contributed by atoms with Crippen LogP contribution in [-0.2, 0) is 16.7 Å². The van der Waals surface area contributed by atoms with Gasteiger partial charge in [-0.1, -0.05) is 20.8 Å². The van der Waals surface area contributed by atoms with Gasteiger partial charge in [0.25, 0.3) is 0 Å². The van der Waals surface area contributed by atoms with Crippen molar-refractivity contribution in [2.75, 3.05) is 46.4 Å². The number of nitriles is 1. The predicted molar refractivity (Wildman–Crippen MR) is 91.2 cm³/mol. The first-order valence-electron chi connectivity index (χ1n) is 8.27. The lowest BCUT2D eigenvalue weighted by molar-refractivity contribution is 0.0937. The Balaban J connectivity index is 1.96. The molecule has 5 heteroatoms. The van der Waals surface area contributed by atoms with Gasteiger partial charge in [-0.2, -0.15) is 5.26 Å². The lowest BCUT2D eigenvalue weighted by Crippen LogP contribution is -2.46. The van der Waals surface area contributed by atoms with E-state index in [1.807, 2.05) is 12.3 Å². The van der Waals surface area contributed by atoms with E-state index in [4.69, 9.17) is 4.74 Å². The molecule has 0 unspecified atom stereocenters. The highest BCUT2D eigenvalue weighted by atomic mass is 16.5. The van der Waals surface area contributed by atoms with Gasteiger partial charge < -0.3 is 4.74 Å². The van der Waals surface area contributed by atoms with Gasteiger partial charge in [-0.15, -0.1) is 0 Å². The summed E-state index contributed by atoms with van der Waals surface area (Å²) < 4.78 is 5.14. The Hall–Kier alpha value is -1.48. The summed E-state index contributed by atoms with van der Waals surface area (Å²) in [6.07, 6.45) is 1.93. The number of methoxy groups -OCH3 is 1. The van der Waals surface area contributed by atoms with E-state index in [2.05, 4.69) is 41.6 Å². The fraction of sp³-hybridized carbons (Fsp3) is 0.667. The van der Waals surface area contributed by atoms with Crippen LogP contribution in [0.1, 0.15) is 37.6 Å². The van der Waals surface area contributed by atoms with Crippen LogP contribution in [0.3, 0.4) is 0 Å². The number of hydrogen-bond donors (Lipinski definition) is 0. The number of ether oxygens (including phenoxy) is 1. The molecule has 0 amide bonds. The molecular formula is C18H28N4O. The van der Waals surface area contributed by atoms with Crippen molar-refractivity contribution in [2.24, 2.45) is 0 Å². The van der Waals surface area contributed by atoms with E-state index in [0.29, 0.717) is 5.56 Å². The molecule has 1 aliphatic rings. The summed E-state index contributed by atoms with van der Waals surface area (Å²) in [5.74, 6) is 0. The van der Waals surface area contributed by atoms with Gasteiger partial charge >= 0.3 is 0 Å². The first kappa shape index (κ1) is 17.9. The molecule has 1 saturated heterocycles. The van der Waals surface area contributed by atoms with Crippen molar-refractivity contribution in [1.82, 2.24) is 14.8 Å². The Morgan fingerprint density at radius 1 is 1.22 bits per heavy atom. The molecule has 0 spiro atoms. The highest BCUT2D eigenvalue weighted by Crippen LogP contribution is 2.24. The maximum Gasteiger partial charge on any atom is 0.101 e. The lowest BCUT2D eigenvalue weighted by atomic mass is 9.88. The third kappa shape index (κ3) is 5.00. The SMILES string of the molecule is COCCN1CCN(Cc2cnc(C(C)(C)C)c(C#N)c2)CC1. The normalized spacial score (nSPS) is 17.2. The van der Waals surface area contributed by atoms with Crippen molar-refractivity contribution in [3.63, 3.8) is 0 Å². The van der Waals surface area contributed by atoms with Crippen molar-refractivity contribution in [3.05, 3.63) is 29.1 Å². The summed E-state index contributed by atoms with van der Waals surface area (Å²) >= 11 is 0. The summed E-state index contributed by atoms with van der Waals surface area (Å²) in [5, 5.41) is 9.41. The molecule has 1 aliphatic heterocycles. The summed E-state index contributed by atoms with van der Waals surface area (Å²) in [6.45, 7) is 13.2. The van der Waals surface area contributed by atoms with Gasteiger partial charge in [0.1, 0.15) is 6.07 Å². The largest absolute Gasteiger partial charge is 0.383 e. The van der Waals surface area contributed by atoms with Gasteiger partial charge in [-0.3, -0.25) is 14.8 Å². The number of piperazine rings is 1. The molecule has 23 heavy (non-hydrogen) atoms. The van der Waals surface area contributed by atoms with Crippen LogP contribution in [0.5, 0.6) is 0 Å². The Labute approximate surface area is 139 Å². The third-order valence-corrected chi connectivity index (χ3v) is 4.26. The van der Waals surface area contributed by atoms with Gasteiger partial charge in [0, 0.05) is 58.0 Å². The standard InChI is InChI=1S/C18H28N4O/c1-18(2,3)17-16(12-19)11-15(13-20-17)14-22-7-5-21(6-8-22)9-10-23-4/h11,13H,5-10,14H2,1-4H3. The van der Waals surface area contributed by atoms with Crippen LogP contribution in [0.2, 0.25) is 0 Å². The van der Waals surface area contributed by atoms with E-state index in [-0.39, 0.29) is 5.41 Å². The van der Waals surface area contributed by atoms with Crippen LogP contribution in [0.25, 0.3) is 0 Å². The molecule has 0 aliphatic carbocycles. The number of hydrogen-bond acceptors (Lipinski definition) is 5. The van der Waals surface area contributed by atoms with E-state index in [9.17, 15) is 5.26 Å². The lowest BCUT2D eigenvalue weighted by Gasteiger charge is -2.34. The zero-order valence-corrected chi connectivity index (χ0v) is 14.8. The first-order chi connectivity index (χ1) is 10.9. The number of pyridine rings is 1. The molecule has 1 aromatic rings. The Morgan fingerprint density at radius 3 is 2.43 bits per heavy atom. The molecule has 1 aromatic heterocycles. The minimum absolute atomic E-state index is 0.101. The number of aromatic nitrogens is 1. The van der Waals surface area contributed by atoms with Crippen molar-refractivity contribution >= 4 is 0 Å². The molecular weight excluding hydrogens is 288 g/mol. The highest BCUT2D eigenvalue weighted by molar-refractivity contribution is 5.39. The summed E-state index contributed by atoms with van der Waals surface area (Å²) in [7, 11) is 1.75. The summed E-state index contributed by atoms with van der Waals surface area (Å²) in [6, 6.07) is 4.31. The Morgan fingerprint density at radius 2 is 1.87 bits per heavy atom. The van der Waals surface area contributed by atoms with Crippen LogP contribution in [0, 0.1) is 11.3 Å². The topological polar surface area (TPSA) is 52.4 Å². The summed E-state index contributed by atoms with van der Waals surface area (Å²) in [4.78, 5) is 9.43. The minimum atomic E-state index is -0.101. The van der Waals surface area contributed by atoms with E-state index >= 15 is 0 Å². The fourth-order valence-corrected chi connectivity index (χ4v) is 2.93. The Bertz CT molecular complexity index is 551. The van der Waals surface area contributed by atoms with Crippen molar-refractivity contribution in [2.45, 2.75) is 32.7 Å². The molecule has 0 radical (unpaired) electrons. The second-order valence-corrected chi connectivity index (χ2v) is 7.21. The van der Waals surface area contributed by atoms with Crippen LogP contribution in [-0.4, -0.2) is 61.2 Å². The molecule has 0 bridgehead atoms. The molecule has 2 heterocycles. The summed E-state index contributed by atoms with van der Waals surface area (Å²) in [5.41, 5.74) is 2.61. The number of nitrogens with zero attached hydrogens (tertiary/aromatic N) is 4. The van der Waals surface area contributed by atoms with Crippen LogP contribution in [0.15, 0.2) is 12.3 Å². The van der Waals surface area contributed by atoms with Gasteiger partial charge in [0.15, 0.2) is 0 Å². The molecule has 5 nitrogen and oxygen atoms in total. The monoisotopic (exact) mass is 316 g/mol. The van der Waals surface area contributed by atoms with Crippen molar-refractivity contribution < 1.29 is 4.74 Å². The van der Waals surface area contributed by atoms with Crippen molar-refractivity contribution in [3.8, 4) is 6.07 Å². The molecule has 0 atom stereocenters. The number of rotatable bonds is 5. The van der Waals surface area contributed by atoms with E-state index in [1.54, 1.807) is 7.11 Å². The van der Waals surface area contributed by atoms with Gasteiger partial charge in [0.05, 0.1) is 17.9 Å². The van der Waals surface area contributed by atoms with Gasteiger partial charge in [-0.25, -0.2) is 0 Å². The first-order valence-corrected chi connectivity index (χ1v) is 8.27.